The number of hydrogen-bond acceptors (Lipinski definition) is 5. The normalized spacial score (nSPS) is 12.6. The van der Waals surface area contributed by atoms with Crippen molar-refractivity contribution in [3.05, 3.63) is 48.5 Å². The van der Waals surface area contributed by atoms with Crippen molar-refractivity contribution in [2.24, 2.45) is 0 Å². The van der Waals surface area contributed by atoms with Crippen molar-refractivity contribution in [2.45, 2.75) is 30.2 Å². The smallest absolute Gasteiger partial charge is 0.233 e. The second-order valence-electron chi connectivity index (χ2n) is 6.82. The molecule has 0 fully saturated rings. The van der Waals surface area contributed by atoms with Gasteiger partial charge in [-0.15, -0.1) is 0 Å². The first-order chi connectivity index (χ1) is 14.2. The average Bonchev–Trinajstić information content (AvgIpc) is 3.15. The molecule has 0 bridgehead atoms. The molecule has 4 aromatic rings. The molecule has 1 amide bonds. The van der Waals surface area contributed by atoms with Crippen molar-refractivity contribution in [3.63, 3.8) is 0 Å². The minimum absolute atomic E-state index is 0.0288. The van der Waals surface area contributed by atoms with Gasteiger partial charge in [0.2, 0.25) is 5.91 Å². The van der Waals surface area contributed by atoms with Crippen LogP contribution in [0.2, 0.25) is 0 Å². The van der Waals surface area contributed by atoms with Gasteiger partial charge >= 0.3 is 0 Å². The van der Waals surface area contributed by atoms with Crippen LogP contribution in [0.15, 0.2) is 53.7 Å². The zero-order valence-electron chi connectivity index (χ0n) is 16.6. The molecule has 0 radical (unpaired) electrons. The lowest BCUT2D eigenvalue weighted by atomic mass is 10.2. The number of nitrogens with zero attached hydrogens (tertiary/aromatic N) is 3. The van der Waals surface area contributed by atoms with Gasteiger partial charge in [0.1, 0.15) is 5.65 Å². The highest BCUT2D eigenvalue weighted by molar-refractivity contribution is 8.00. The maximum absolute atomic E-state index is 12.7. The molecule has 0 unspecified atom stereocenters. The lowest BCUT2D eigenvalue weighted by molar-refractivity contribution is -0.120. The lowest BCUT2D eigenvalue weighted by Crippen LogP contribution is -2.33. The molecule has 0 aliphatic rings. The molecule has 1 atom stereocenters. The van der Waals surface area contributed by atoms with Crippen molar-refractivity contribution in [3.8, 4) is 0 Å². The summed E-state index contributed by atoms with van der Waals surface area (Å²) < 4.78 is 7.12. The molecule has 0 saturated heterocycles. The zero-order chi connectivity index (χ0) is 20.2. The summed E-state index contributed by atoms with van der Waals surface area (Å²) >= 11 is 1.49. The van der Waals surface area contributed by atoms with Crippen LogP contribution in [0.25, 0.3) is 27.6 Å². The van der Waals surface area contributed by atoms with Gasteiger partial charge in [-0.05, 0) is 37.1 Å². The first-order valence-corrected chi connectivity index (χ1v) is 10.7. The van der Waals surface area contributed by atoms with E-state index in [1.54, 1.807) is 7.11 Å². The van der Waals surface area contributed by atoms with E-state index >= 15 is 0 Å². The maximum atomic E-state index is 12.7. The predicted octanol–water partition coefficient (Wildman–Crippen LogP) is 4.06. The van der Waals surface area contributed by atoms with Crippen LogP contribution in [0.4, 0.5) is 0 Å². The van der Waals surface area contributed by atoms with Crippen LogP contribution in [-0.4, -0.2) is 45.8 Å². The Morgan fingerprint density at radius 1 is 1.14 bits per heavy atom. The molecule has 0 spiro atoms. The summed E-state index contributed by atoms with van der Waals surface area (Å²) in [7, 11) is 1.67. The summed E-state index contributed by atoms with van der Waals surface area (Å²) in [5.74, 6) is 0.0288. The first kappa shape index (κ1) is 19.7. The molecular formula is C22H24N4O2S. The summed E-state index contributed by atoms with van der Waals surface area (Å²) in [5.41, 5.74) is 3.67. The minimum atomic E-state index is -0.226. The third-order valence-electron chi connectivity index (χ3n) is 4.85. The number of fused-ring (bicyclic) bond motifs is 5. The molecule has 0 aliphatic carbocycles. The minimum Gasteiger partial charge on any atom is -0.385 e. The number of carbonyl (C=O) groups excluding carboxylic acids is 1. The number of aromatic nitrogens is 3. The van der Waals surface area contributed by atoms with E-state index < -0.39 is 0 Å². The van der Waals surface area contributed by atoms with Crippen molar-refractivity contribution in [2.75, 3.05) is 20.3 Å². The Bertz CT molecular complexity index is 1160. The monoisotopic (exact) mass is 408 g/mol. The summed E-state index contributed by atoms with van der Waals surface area (Å²) in [6.45, 7) is 3.27. The van der Waals surface area contributed by atoms with Crippen LogP contribution in [-0.2, 0) is 9.53 Å². The standard InChI is InChI=1S/C22H24N4O2S/c1-3-19(21(27)23-13-8-14-28-2)29-22-25-16-10-5-4-9-15(16)20-24-17-11-6-7-12-18(17)26(20)22/h4-7,9-12,19H,3,8,13-14H2,1-2H3,(H,23,27)/t19-/m0/s1. The van der Waals surface area contributed by atoms with E-state index in [0.717, 1.165) is 39.2 Å². The van der Waals surface area contributed by atoms with Crippen molar-refractivity contribution >= 4 is 45.3 Å². The van der Waals surface area contributed by atoms with Crippen LogP contribution in [0.1, 0.15) is 19.8 Å². The highest BCUT2D eigenvalue weighted by Crippen LogP contribution is 2.31. The van der Waals surface area contributed by atoms with E-state index in [1.807, 2.05) is 55.5 Å². The molecule has 2 heterocycles. The molecule has 2 aromatic heterocycles. The largest absolute Gasteiger partial charge is 0.385 e. The highest BCUT2D eigenvalue weighted by atomic mass is 32.2. The van der Waals surface area contributed by atoms with Gasteiger partial charge in [0, 0.05) is 25.6 Å². The topological polar surface area (TPSA) is 68.5 Å². The lowest BCUT2D eigenvalue weighted by Gasteiger charge is -2.16. The number of amides is 1. The number of methoxy groups -OCH3 is 1. The highest BCUT2D eigenvalue weighted by Gasteiger charge is 2.22. The molecule has 0 aliphatic heterocycles. The van der Waals surface area contributed by atoms with Gasteiger partial charge in [-0.2, -0.15) is 0 Å². The molecule has 150 valence electrons. The molecule has 1 N–H and O–H groups in total. The van der Waals surface area contributed by atoms with Gasteiger partial charge in [-0.25, -0.2) is 9.97 Å². The number of carbonyl (C=O) groups is 1. The fourth-order valence-electron chi connectivity index (χ4n) is 3.38. The summed E-state index contributed by atoms with van der Waals surface area (Å²) in [6.07, 6.45) is 1.51. The van der Waals surface area contributed by atoms with Gasteiger partial charge in [-0.3, -0.25) is 9.20 Å². The Balaban J connectivity index is 1.74. The van der Waals surface area contributed by atoms with Gasteiger partial charge in [0.25, 0.3) is 0 Å². The third kappa shape index (κ3) is 3.93. The fraction of sp³-hybridized carbons (Fsp3) is 0.318. The summed E-state index contributed by atoms with van der Waals surface area (Å²) in [5, 5.41) is 4.57. The number of imidazole rings is 1. The van der Waals surface area contributed by atoms with Gasteiger partial charge in [0.15, 0.2) is 5.16 Å². The van der Waals surface area contributed by atoms with Gasteiger partial charge < -0.3 is 10.1 Å². The molecule has 7 heteroatoms. The SMILES string of the molecule is CC[C@H](Sc1nc2ccccc2c2nc3ccccc3n12)C(=O)NCCCOC. The number of benzene rings is 2. The number of nitrogens with one attached hydrogen (secondary N) is 1. The van der Waals surface area contributed by atoms with Crippen LogP contribution in [0.3, 0.4) is 0 Å². The van der Waals surface area contributed by atoms with Crippen molar-refractivity contribution in [1.29, 1.82) is 0 Å². The first-order valence-electron chi connectivity index (χ1n) is 9.82. The number of hydrogen-bond donors (Lipinski definition) is 1. The van der Waals surface area contributed by atoms with Crippen LogP contribution in [0, 0.1) is 0 Å². The Labute approximate surface area is 173 Å². The summed E-state index contributed by atoms with van der Waals surface area (Å²) in [4.78, 5) is 22.5. The third-order valence-corrected chi connectivity index (χ3v) is 6.17. The van der Waals surface area contributed by atoms with Gasteiger partial charge in [-0.1, -0.05) is 43.0 Å². The van der Waals surface area contributed by atoms with E-state index in [2.05, 4.69) is 9.72 Å². The molecule has 4 rings (SSSR count). The second kappa shape index (κ2) is 8.80. The van der Waals surface area contributed by atoms with E-state index in [4.69, 9.17) is 14.7 Å². The number of thioether (sulfide) groups is 1. The molecule has 2 aromatic carbocycles. The van der Waals surface area contributed by atoms with Crippen LogP contribution < -0.4 is 5.32 Å². The quantitative estimate of drug-likeness (QED) is 0.271. The van der Waals surface area contributed by atoms with E-state index in [-0.39, 0.29) is 11.2 Å². The average molecular weight is 409 g/mol. The Morgan fingerprint density at radius 3 is 2.69 bits per heavy atom. The maximum Gasteiger partial charge on any atom is 0.233 e. The number of ether oxygens (including phenoxy) is 1. The van der Waals surface area contributed by atoms with Gasteiger partial charge in [0.05, 0.1) is 21.8 Å². The zero-order valence-corrected chi connectivity index (χ0v) is 17.4. The van der Waals surface area contributed by atoms with Crippen LogP contribution in [0.5, 0.6) is 0 Å². The molecule has 29 heavy (non-hydrogen) atoms. The van der Waals surface area contributed by atoms with E-state index in [9.17, 15) is 4.79 Å². The number of para-hydroxylation sites is 3. The van der Waals surface area contributed by atoms with Crippen LogP contribution >= 0.6 is 11.8 Å². The van der Waals surface area contributed by atoms with E-state index in [0.29, 0.717) is 19.6 Å². The molecule has 0 saturated carbocycles. The van der Waals surface area contributed by atoms with Crippen molar-refractivity contribution in [1.82, 2.24) is 19.7 Å². The fourth-order valence-corrected chi connectivity index (χ4v) is 4.44. The Kier molecular flexibility index (Phi) is 5.97. The van der Waals surface area contributed by atoms with E-state index in [1.165, 1.54) is 11.8 Å². The predicted molar refractivity (Wildman–Crippen MR) is 117 cm³/mol. The Morgan fingerprint density at radius 2 is 1.90 bits per heavy atom. The second-order valence-corrected chi connectivity index (χ2v) is 7.99. The summed E-state index contributed by atoms with van der Waals surface area (Å²) in [6, 6.07) is 16.0. The molecule has 6 nitrogen and oxygen atoms in total. The number of rotatable bonds is 8. The van der Waals surface area contributed by atoms with Crippen molar-refractivity contribution < 1.29 is 9.53 Å². The Hall–Kier alpha value is -2.64. The molecular weight excluding hydrogens is 384 g/mol.